The number of aryl methyl sites for hydroxylation is 1. The zero-order chi connectivity index (χ0) is 27.8. The first-order chi connectivity index (χ1) is 17.8. The van der Waals surface area contributed by atoms with Crippen molar-refractivity contribution in [2.75, 3.05) is 5.32 Å². The number of H-pyrrole nitrogens is 1. The van der Waals surface area contributed by atoms with Gasteiger partial charge in [-0.25, -0.2) is 9.59 Å². The van der Waals surface area contributed by atoms with Gasteiger partial charge < -0.3 is 25.5 Å². The molecule has 11 nitrogen and oxygen atoms in total. The maximum absolute atomic E-state index is 13.0. The third-order valence-electron chi connectivity index (χ3n) is 6.01. The predicted octanol–water partition coefficient (Wildman–Crippen LogP) is 3.69. The van der Waals surface area contributed by atoms with E-state index in [0.717, 1.165) is 10.0 Å². The van der Waals surface area contributed by atoms with E-state index in [1.807, 2.05) is 6.07 Å². The molecule has 2 aromatic carbocycles. The second-order valence-electron chi connectivity index (χ2n) is 10.1. The molecule has 0 unspecified atom stereocenters. The first kappa shape index (κ1) is 27.1. The first-order valence-electron chi connectivity index (χ1n) is 11.9. The van der Waals surface area contributed by atoms with Gasteiger partial charge in [-0.1, -0.05) is 22.0 Å². The Kier molecular flexibility index (Phi) is 7.45. The summed E-state index contributed by atoms with van der Waals surface area (Å²) in [5, 5.41) is 14.9. The van der Waals surface area contributed by atoms with E-state index in [4.69, 9.17) is 4.74 Å². The average molecular weight is 587 g/mol. The highest BCUT2D eigenvalue weighted by atomic mass is 79.9. The van der Waals surface area contributed by atoms with Crippen LogP contribution in [-0.2, 0) is 22.5 Å². The van der Waals surface area contributed by atoms with Crippen LogP contribution in [0.4, 0.5) is 10.5 Å². The molecule has 1 aromatic heterocycles. The van der Waals surface area contributed by atoms with Gasteiger partial charge >= 0.3 is 23.2 Å². The van der Waals surface area contributed by atoms with Gasteiger partial charge in [-0.3, -0.25) is 19.0 Å². The number of hydrogen-bond donors (Lipinski definition) is 4. The minimum Gasteiger partial charge on any atom is -0.478 e. The molecule has 0 fully saturated rings. The van der Waals surface area contributed by atoms with Crippen molar-refractivity contribution in [3.8, 4) is 0 Å². The van der Waals surface area contributed by atoms with E-state index in [1.165, 1.54) is 16.7 Å². The summed E-state index contributed by atoms with van der Waals surface area (Å²) in [5.41, 5.74) is 0.170. The van der Waals surface area contributed by atoms with Crippen molar-refractivity contribution in [1.29, 1.82) is 0 Å². The van der Waals surface area contributed by atoms with Crippen molar-refractivity contribution in [3.63, 3.8) is 0 Å². The number of amides is 2. The number of benzene rings is 2. The van der Waals surface area contributed by atoms with Gasteiger partial charge in [0.05, 0.1) is 22.3 Å². The third kappa shape index (κ3) is 5.96. The normalized spacial score (nSPS) is 14.7. The summed E-state index contributed by atoms with van der Waals surface area (Å²) in [6.45, 7) is 5.22. The van der Waals surface area contributed by atoms with Crippen LogP contribution in [0.3, 0.4) is 0 Å². The van der Waals surface area contributed by atoms with E-state index < -0.39 is 40.7 Å². The van der Waals surface area contributed by atoms with Gasteiger partial charge in [-0.05, 0) is 69.0 Å². The fourth-order valence-electron chi connectivity index (χ4n) is 4.50. The molecule has 1 atom stereocenters. The number of aromatic nitrogens is 2. The van der Waals surface area contributed by atoms with E-state index in [0.29, 0.717) is 29.4 Å². The van der Waals surface area contributed by atoms with Crippen LogP contribution in [0, 0.1) is 0 Å². The predicted molar refractivity (Wildman–Crippen MR) is 144 cm³/mol. The Morgan fingerprint density at radius 1 is 1.18 bits per heavy atom. The molecule has 3 aromatic rings. The molecule has 4 N–H and O–H groups in total. The fourth-order valence-corrected chi connectivity index (χ4v) is 5.00. The van der Waals surface area contributed by atoms with Gasteiger partial charge in [-0.2, -0.15) is 0 Å². The molecule has 38 heavy (non-hydrogen) atoms. The number of carbonyl (C=O) groups excluding carboxylic acids is 2. The molecule has 0 saturated carbocycles. The molecule has 0 aliphatic carbocycles. The quantitative estimate of drug-likeness (QED) is 0.320. The number of carboxylic acid groups (broad SMARTS) is 1. The zero-order valence-corrected chi connectivity index (χ0v) is 22.6. The van der Waals surface area contributed by atoms with Crippen molar-refractivity contribution in [2.45, 2.75) is 58.2 Å². The molecule has 200 valence electrons. The number of anilines is 1. The highest BCUT2D eigenvalue weighted by Crippen LogP contribution is 2.32. The van der Waals surface area contributed by atoms with Crippen molar-refractivity contribution in [3.05, 3.63) is 72.2 Å². The van der Waals surface area contributed by atoms with Gasteiger partial charge in [0, 0.05) is 23.5 Å². The Balaban J connectivity index is 1.53. The summed E-state index contributed by atoms with van der Waals surface area (Å²) in [6.07, 6.45) is 0.280. The number of nitrogens with one attached hydrogen (secondary N) is 3. The lowest BCUT2D eigenvalue weighted by atomic mass is 9.96. The summed E-state index contributed by atoms with van der Waals surface area (Å²) in [4.78, 5) is 64.4. The standard InChI is InChI=1S/C26H27BrN4O7/c1-26(2,3)38-25(37)28-12-13-4-7-18(17(8-13)24(35)36)29-20(32)11-16-6-5-14-9-15(27)10-19-21(14)31(16)23(34)22(33)30-19/h4,7-10,16H,5-6,11-12H2,1-3H3,(H,28,37)(H,29,32)(H,30,33)(H,35,36)/t16-/m0/s1. The van der Waals surface area contributed by atoms with Crippen molar-refractivity contribution in [2.24, 2.45) is 0 Å². The van der Waals surface area contributed by atoms with Crippen LogP contribution in [0.2, 0.25) is 0 Å². The number of aromatic amines is 1. The van der Waals surface area contributed by atoms with Crippen LogP contribution in [0.1, 0.15) is 61.1 Å². The number of nitrogens with zero attached hydrogens (tertiary/aromatic N) is 1. The van der Waals surface area contributed by atoms with Crippen molar-refractivity contribution < 1.29 is 24.2 Å². The van der Waals surface area contributed by atoms with Crippen LogP contribution in [0.15, 0.2) is 44.4 Å². The second-order valence-corrected chi connectivity index (χ2v) is 11.0. The molecule has 1 aliphatic rings. The summed E-state index contributed by atoms with van der Waals surface area (Å²) in [7, 11) is 0. The topological polar surface area (TPSA) is 160 Å². The lowest BCUT2D eigenvalue weighted by molar-refractivity contribution is -0.117. The van der Waals surface area contributed by atoms with Crippen LogP contribution < -0.4 is 21.8 Å². The Bertz CT molecular complexity index is 1570. The smallest absolute Gasteiger partial charge is 0.407 e. The van der Waals surface area contributed by atoms with Gasteiger partial charge in [0.25, 0.3) is 0 Å². The average Bonchev–Trinajstić information content (AvgIpc) is 2.81. The maximum Gasteiger partial charge on any atom is 0.407 e. The Labute approximate surface area is 225 Å². The number of alkyl carbamates (subject to hydrolysis) is 1. The monoisotopic (exact) mass is 586 g/mol. The number of hydrogen-bond acceptors (Lipinski definition) is 6. The summed E-state index contributed by atoms with van der Waals surface area (Å²) < 4.78 is 7.31. The van der Waals surface area contributed by atoms with Crippen LogP contribution in [0.5, 0.6) is 0 Å². The SMILES string of the molecule is CC(C)(C)OC(=O)NCc1ccc(NC(=O)C[C@@H]2CCc3cc(Br)cc4[nH]c(=O)c(=O)n2c34)c(C(=O)O)c1. The molecule has 0 bridgehead atoms. The summed E-state index contributed by atoms with van der Waals surface area (Å²) >= 11 is 3.41. The third-order valence-corrected chi connectivity index (χ3v) is 6.47. The number of aromatic carboxylic acids is 1. The van der Waals surface area contributed by atoms with Crippen LogP contribution in [0.25, 0.3) is 11.0 Å². The summed E-state index contributed by atoms with van der Waals surface area (Å²) in [5.74, 6) is -1.76. The highest BCUT2D eigenvalue weighted by molar-refractivity contribution is 9.10. The van der Waals surface area contributed by atoms with Crippen LogP contribution >= 0.6 is 15.9 Å². The molecule has 0 spiro atoms. The minimum absolute atomic E-state index is 0.0302. The molecular formula is C26H27BrN4O7. The molecule has 12 heteroatoms. The molecule has 4 rings (SSSR count). The molecule has 0 saturated heterocycles. The Morgan fingerprint density at radius 2 is 1.92 bits per heavy atom. The largest absolute Gasteiger partial charge is 0.478 e. The van der Waals surface area contributed by atoms with E-state index in [-0.39, 0.29) is 24.2 Å². The van der Waals surface area contributed by atoms with Crippen molar-refractivity contribution in [1.82, 2.24) is 14.9 Å². The maximum atomic E-state index is 13.0. The molecule has 2 heterocycles. The number of rotatable bonds is 6. The number of halogens is 1. The number of ether oxygens (including phenoxy) is 1. The van der Waals surface area contributed by atoms with E-state index in [2.05, 4.69) is 31.5 Å². The van der Waals surface area contributed by atoms with Gasteiger partial charge in [0.15, 0.2) is 0 Å². The molecule has 0 radical (unpaired) electrons. The molecule has 1 aliphatic heterocycles. The number of carboxylic acids is 1. The fraction of sp³-hybridized carbons (Fsp3) is 0.346. The Morgan fingerprint density at radius 3 is 2.61 bits per heavy atom. The molecular weight excluding hydrogens is 560 g/mol. The Hall–Kier alpha value is -3.93. The minimum atomic E-state index is -1.26. The number of carbonyl (C=O) groups is 3. The first-order valence-corrected chi connectivity index (χ1v) is 12.7. The van der Waals surface area contributed by atoms with Gasteiger partial charge in [0.2, 0.25) is 5.91 Å². The van der Waals surface area contributed by atoms with E-state index >= 15 is 0 Å². The summed E-state index contributed by atoms with van der Waals surface area (Å²) in [6, 6.07) is 7.39. The second kappa shape index (κ2) is 10.4. The lowest BCUT2D eigenvalue weighted by Crippen LogP contribution is -2.41. The molecule has 2 amide bonds. The van der Waals surface area contributed by atoms with Gasteiger partial charge in [-0.15, -0.1) is 0 Å². The zero-order valence-electron chi connectivity index (χ0n) is 21.0. The van der Waals surface area contributed by atoms with E-state index in [1.54, 1.807) is 32.9 Å². The van der Waals surface area contributed by atoms with Gasteiger partial charge in [0.1, 0.15) is 5.60 Å². The lowest BCUT2D eigenvalue weighted by Gasteiger charge is -2.27. The van der Waals surface area contributed by atoms with Crippen molar-refractivity contribution >= 4 is 50.6 Å². The highest BCUT2D eigenvalue weighted by Gasteiger charge is 2.27. The van der Waals surface area contributed by atoms with Crippen LogP contribution in [-0.4, -0.2) is 38.2 Å². The van der Waals surface area contributed by atoms with E-state index in [9.17, 15) is 29.1 Å².